The zero-order valence-corrected chi connectivity index (χ0v) is 12.6. The molecule has 0 saturated heterocycles. The molecule has 1 aromatic rings. The van der Waals surface area contributed by atoms with Crippen molar-refractivity contribution in [2.45, 2.75) is 40.5 Å². The van der Waals surface area contributed by atoms with E-state index in [2.05, 4.69) is 24.1 Å². The number of hydrogen-bond acceptors (Lipinski definition) is 2. The Hall–Kier alpha value is -1.35. The lowest BCUT2D eigenvalue weighted by atomic mass is 10.1. The van der Waals surface area contributed by atoms with E-state index in [1.165, 1.54) is 0 Å². The van der Waals surface area contributed by atoms with Crippen LogP contribution in [0.4, 0.5) is 5.69 Å². The molecule has 106 valence electrons. The van der Waals surface area contributed by atoms with E-state index in [1.807, 2.05) is 32.0 Å². The van der Waals surface area contributed by atoms with Gasteiger partial charge in [0.15, 0.2) is 0 Å². The minimum Gasteiger partial charge on any atom is -0.326 e. The second-order valence-electron chi connectivity index (χ2n) is 4.95. The number of nitrogens with zero attached hydrogens (tertiary/aromatic N) is 1. The van der Waals surface area contributed by atoms with E-state index in [4.69, 9.17) is 0 Å². The van der Waals surface area contributed by atoms with Crippen molar-refractivity contribution in [3.63, 3.8) is 0 Å². The van der Waals surface area contributed by atoms with Gasteiger partial charge in [-0.15, -0.1) is 0 Å². The molecule has 1 N–H and O–H groups in total. The number of benzene rings is 1. The van der Waals surface area contributed by atoms with E-state index in [9.17, 15) is 4.79 Å². The van der Waals surface area contributed by atoms with Crippen molar-refractivity contribution < 1.29 is 4.79 Å². The second kappa shape index (κ2) is 7.95. The van der Waals surface area contributed by atoms with Crippen LogP contribution in [0.2, 0.25) is 0 Å². The highest BCUT2D eigenvalue weighted by Crippen LogP contribution is 2.19. The van der Waals surface area contributed by atoms with Gasteiger partial charge in [0, 0.05) is 12.1 Å². The predicted molar refractivity (Wildman–Crippen MR) is 81.6 cm³/mol. The van der Waals surface area contributed by atoms with Crippen LogP contribution in [0.3, 0.4) is 0 Å². The van der Waals surface area contributed by atoms with Crippen molar-refractivity contribution in [1.29, 1.82) is 0 Å². The molecule has 19 heavy (non-hydrogen) atoms. The van der Waals surface area contributed by atoms with E-state index in [1.54, 1.807) is 0 Å². The summed E-state index contributed by atoms with van der Waals surface area (Å²) in [4.78, 5) is 14.3. The van der Waals surface area contributed by atoms with Gasteiger partial charge >= 0.3 is 0 Å². The van der Waals surface area contributed by atoms with Crippen molar-refractivity contribution >= 4 is 11.6 Å². The number of aryl methyl sites for hydroxylation is 2. The molecular formula is C16H26N2O. The Morgan fingerprint density at radius 1 is 1.16 bits per heavy atom. The van der Waals surface area contributed by atoms with Crippen LogP contribution in [0.1, 0.15) is 37.8 Å². The summed E-state index contributed by atoms with van der Waals surface area (Å²) in [6.45, 7) is 11.5. The molecule has 0 aliphatic carbocycles. The number of nitrogens with one attached hydrogen (secondary N) is 1. The highest BCUT2D eigenvalue weighted by atomic mass is 16.1. The van der Waals surface area contributed by atoms with Crippen LogP contribution < -0.4 is 5.32 Å². The maximum Gasteiger partial charge on any atom is 0.224 e. The standard InChI is InChI=1S/C16H26N2O/c1-5-18(6-2)12-8-11-15(19)17-16-13(3)9-7-10-14(16)4/h7,9-10H,5-6,8,11-12H2,1-4H3,(H,17,19). The number of hydrogen-bond donors (Lipinski definition) is 1. The largest absolute Gasteiger partial charge is 0.326 e. The quantitative estimate of drug-likeness (QED) is 0.817. The molecular weight excluding hydrogens is 236 g/mol. The average Bonchev–Trinajstić information content (AvgIpc) is 2.39. The molecule has 3 heteroatoms. The molecule has 0 aromatic heterocycles. The first-order valence-electron chi connectivity index (χ1n) is 7.16. The van der Waals surface area contributed by atoms with Gasteiger partial charge in [-0.2, -0.15) is 0 Å². The third-order valence-electron chi connectivity index (χ3n) is 3.52. The Bertz CT molecular complexity index is 391. The molecule has 0 spiro atoms. The minimum absolute atomic E-state index is 0.115. The van der Waals surface area contributed by atoms with Gasteiger partial charge in [-0.05, 0) is 51.0 Å². The number of amides is 1. The van der Waals surface area contributed by atoms with Crippen LogP contribution in [-0.2, 0) is 4.79 Å². The molecule has 0 saturated carbocycles. The first kappa shape index (κ1) is 15.7. The van der Waals surface area contributed by atoms with Gasteiger partial charge in [-0.3, -0.25) is 4.79 Å². The Kier molecular flexibility index (Phi) is 6.57. The van der Waals surface area contributed by atoms with E-state index in [0.717, 1.165) is 42.9 Å². The third kappa shape index (κ3) is 5.03. The monoisotopic (exact) mass is 262 g/mol. The summed E-state index contributed by atoms with van der Waals surface area (Å²) in [5, 5.41) is 3.03. The fourth-order valence-corrected chi connectivity index (χ4v) is 2.22. The fraction of sp³-hybridized carbons (Fsp3) is 0.562. The van der Waals surface area contributed by atoms with Crippen molar-refractivity contribution in [3.8, 4) is 0 Å². The summed E-state index contributed by atoms with van der Waals surface area (Å²) in [5.74, 6) is 0.115. The molecule has 3 nitrogen and oxygen atoms in total. The second-order valence-corrected chi connectivity index (χ2v) is 4.95. The van der Waals surface area contributed by atoms with E-state index < -0.39 is 0 Å². The minimum atomic E-state index is 0.115. The number of para-hydroxylation sites is 1. The summed E-state index contributed by atoms with van der Waals surface area (Å²) < 4.78 is 0. The van der Waals surface area contributed by atoms with Crippen LogP contribution >= 0.6 is 0 Å². The average molecular weight is 262 g/mol. The number of carbonyl (C=O) groups is 1. The summed E-state index contributed by atoms with van der Waals surface area (Å²) in [7, 11) is 0. The summed E-state index contributed by atoms with van der Waals surface area (Å²) in [6.07, 6.45) is 1.50. The SMILES string of the molecule is CCN(CC)CCCC(=O)Nc1c(C)cccc1C. The maximum atomic E-state index is 11.9. The molecule has 0 aliphatic rings. The molecule has 0 aliphatic heterocycles. The van der Waals surface area contributed by atoms with Gasteiger partial charge in [-0.1, -0.05) is 32.0 Å². The Morgan fingerprint density at radius 2 is 1.74 bits per heavy atom. The fourth-order valence-electron chi connectivity index (χ4n) is 2.22. The summed E-state index contributed by atoms with van der Waals surface area (Å²) in [6, 6.07) is 6.07. The topological polar surface area (TPSA) is 32.3 Å². The Balaban J connectivity index is 2.43. The lowest BCUT2D eigenvalue weighted by molar-refractivity contribution is -0.116. The first-order chi connectivity index (χ1) is 9.08. The molecule has 0 unspecified atom stereocenters. The molecule has 0 heterocycles. The van der Waals surface area contributed by atoms with E-state index in [0.29, 0.717) is 6.42 Å². The predicted octanol–water partition coefficient (Wildman–Crippen LogP) is 3.36. The van der Waals surface area contributed by atoms with Crippen molar-refractivity contribution in [2.75, 3.05) is 25.0 Å². The normalized spacial score (nSPS) is 10.8. The number of rotatable bonds is 7. The van der Waals surface area contributed by atoms with Crippen LogP contribution in [0.15, 0.2) is 18.2 Å². The highest BCUT2D eigenvalue weighted by Gasteiger charge is 2.07. The molecule has 0 fully saturated rings. The Morgan fingerprint density at radius 3 is 2.26 bits per heavy atom. The van der Waals surface area contributed by atoms with Crippen LogP contribution in [0.5, 0.6) is 0 Å². The van der Waals surface area contributed by atoms with Crippen LogP contribution in [0.25, 0.3) is 0 Å². The van der Waals surface area contributed by atoms with E-state index >= 15 is 0 Å². The van der Waals surface area contributed by atoms with Gasteiger partial charge in [0.05, 0.1) is 0 Å². The molecule has 0 radical (unpaired) electrons. The summed E-state index contributed by atoms with van der Waals surface area (Å²) in [5.41, 5.74) is 3.21. The smallest absolute Gasteiger partial charge is 0.224 e. The Labute approximate surface area is 117 Å². The maximum absolute atomic E-state index is 11.9. The van der Waals surface area contributed by atoms with Gasteiger partial charge in [0.2, 0.25) is 5.91 Å². The zero-order valence-electron chi connectivity index (χ0n) is 12.6. The molecule has 1 amide bonds. The lowest BCUT2D eigenvalue weighted by Gasteiger charge is -2.17. The van der Waals surface area contributed by atoms with Gasteiger partial charge < -0.3 is 10.2 Å². The first-order valence-corrected chi connectivity index (χ1v) is 7.16. The van der Waals surface area contributed by atoms with Gasteiger partial charge in [-0.25, -0.2) is 0 Å². The number of carbonyl (C=O) groups excluding carboxylic acids is 1. The number of anilines is 1. The van der Waals surface area contributed by atoms with Crippen LogP contribution in [-0.4, -0.2) is 30.4 Å². The molecule has 0 bridgehead atoms. The van der Waals surface area contributed by atoms with Crippen molar-refractivity contribution in [3.05, 3.63) is 29.3 Å². The lowest BCUT2D eigenvalue weighted by Crippen LogP contribution is -2.25. The zero-order chi connectivity index (χ0) is 14.3. The third-order valence-corrected chi connectivity index (χ3v) is 3.52. The van der Waals surface area contributed by atoms with Crippen molar-refractivity contribution in [1.82, 2.24) is 4.90 Å². The van der Waals surface area contributed by atoms with Crippen LogP contribution in [0, 0.1) is 13.8 Å². The summed E-state index contributed by atoms with van der Waals surface area (Å²) >= 11 is 0. The molecule has 0 atom stereocenters. The van der Waals surface area contributed by atoms with Gasteiger partial charge in [0.25, 0.3) is 0 Å². The van der Waals surface area contributed by atoms with Crippen molar-refractivity contribution in [2.24, 2.45) is 0 Å². The highest BCUT2D eigenvalue weighted by molar-refractivity contribution is 5.92. The molecule has 1 aromatic carbocycles. The molecule has 1 rings (SSSR count). The van der Waals surface area contributed by atoms with E-state index in [-0.39, 0.29) is 5.91 Å². The van der Waals surface area contributed by atoms with Gasteiger partial charge in [0.1, 0.15) is 0 Å².